The lowest BCUT2D eigenvalue weighted by Gasteiger charge is -2.32. The van der Waals surface area contributed by atoms with E-state index in [1.54, 1.807) is 108 Å². The molecule has 0 radical (unpaired) electrons. The quantitative estimate of drug-likeness (QED) is 0.0374. The van der Waals surface area contributed by atoms with Crippen molar-refractivity contribution in [3.05, 3.63) is 98.2 Å². The topological polar surface area (TPSA) is 612 Å². The third-order valence-corrected chi connectivity index (χ3v) is 27.9. The average molecular weight is 1970 g/mol. The molecule has 15 aromatic rings. The SMILES string of the molecule is C1CC2CCC(C1)O2.CC(CO)n1ncc2c(-c3cnc(N)nc3)nc(N3CC4CCC(C3)O4)nc21.COC(=O)C(C)n1ncc2c(-c3cnc(N)nc3)nc(N3CC4CCC(C3)O4)nc21.Nc1ncc(-c2nc(Cl)nc3c2cnn3C2CCCCO2)cn1.Nc1ncc(-c2nc(N3CC4CCC(C3)O4)nc3[nH]ncc23)cn1.Nc1ncc(-c2nc(N3CC4CCC(C3)O4)nc3c2cnn3C2CCCCO2)cn1. The third kappa shape index (κ3) is 20.1. The van der Waals surface area contributed by atoms with Crippen LogP contribution in [-0.4, -0.2) is 300 Å². The number of aliphatic hydroxyl groups excluding tert-OH is 1. The molecule has 12 N–H and O–H groups in total. The summed E-state index contributed by atoms with van der Waals surface area (Å²) in [5, 5.41) is 38.6. The number of aromatic nitrogens is 30. The number of nitrogens with one attached hydrogen (secondary N) is 1. The normalized spacial score (nSPS) is 23.9. The molecule has 0 aromatic carbocycles. The number of aliphatic hydroxyl groups is 1. The number of halogens is 1. The number of nitrogens with zero attached hydrogens (tertiary/aromatic N) is 33. The molecule has 10 bridgehead atoms. The van der Waals surface area contributed by atoms with E-state index in [0.29, 0.717) is 92.2 Å². The molecule has 0 saturated carbocycles. The third-order valence-electron chi connectivity index (χ3n) is 27.8. The minimum atomic E-state index is -0.633. The minimum absolute atomic E-state index is 0.0296. The van der Waals surface area contributed by atoms with Gasteiger partial charge in [0.15, 0.2) is 40.7 Å². The first-order chi connectivity index (χ1) is 69.8. The van der Waals surface area contributed by atoms with Crippen LogP contribution in [0, 0.1) is 0 Å². The molecule has 27 heterocycles. The van der Waals surface area contributed by atoms with Gasteiger partial charge in [-0.3, -0.25) is 5.10 Å². The molecule has 50 heteroatoms. The number of hydrogen-bond donors (Lipinski definition) is 7. The maximum Gasteiger partial charge on any atom is 0.330 e. The summed E-state index contributed by atoms with van der Waals surface area (Å²) in [5.74, 6) is 3.23. The monoisotopic (exact) mass is 1970 g/mol. The number of carbonyl (C=O) groups excluding carboxylic acids is 1. The van der Waals surface area contributed by atoms with Gasteiger partial charge in [-0.2, -0.15) is 50.4 Å². The Morgan fingerprint density at radius 3 is 1.04 bits per heavy atom. The average Bonchev–Trinajstić information content (AvgIpc) is 1.65. The smallest absolute Gasteiger partial charge is 0.330 e. The Labute approximate surface area is 822 Å². The summed E-state index contributed by atoms with van der Waals surface area (Å²) in [7, 11) is 1.35. The summed E-state index contributed by atoms with van der Waals surface area (Å²) < 4.78 is 53.0. The number of ether oxygens (including phenoxy) is 8. The number of nitrogen functional groups attached to an aromatic ring is 5. The van der Waals surface area contributed by atoms with Crippen LogP contribution in [0.1, 0.15) is 160 Å². The first-order valence-electron chi connectivity index (χ1n) is 48.8. The molecule has 14 atom stereocenters. The highest BCUT2D eigenvalue weighted by molar-refractivity contribution is 6.28. The predicted octanol–water partition coefficient (Wildman–Crippen LogP) is 8.38. The number of carbonyl (C=O) groups is 1. The van der Waals surface area contributed by atoms with Crippen molar-refractivity contribution < 1.29 is 47.8 Å². The maximum atomic E-state index is 12.1. The fourth-order valence-electron chi connectivity index (χ4n) is 20.5. The number of morpholine rings is 4. The van der Waals surface area contributed by atoms with Crippen LogP contribution < -0.4 is 48.3 Å². The van der Waals surface area contributed by atoms with Crippen molar-refractivity contribution in [2.45, 2.75) is 221 Å². The second-order valence-electron chi connectivity index (χ2n) is 37.6. The largest absolute Gasteiger partial charge is 0.467 e. The first-order valence-corrected chi connectivity index (χ1v) is 49.2. The molecule has 12 aliphatic heterocycles. The highest BCUT2D eigenvalue weighted by atomic mass is 35.5. The summed E-state index contributed by atoms with van der Waals surface area (Å²) in [4.78, 5) is 109. The van der Waals surface area contributed by atoms with Crippen LogP contribution in [0.3, 0.4) is 0 Å². The van der Waals surface area contributed by atoms with Gasteiger partial charge in [-0.15, -0.1) is 0 Å². The number of fused-ring (bicyclic) bond motifs is 15. The van der Waals surface area contributed by atoms with Gasteiger partial charge in [0.25, 0.3) is 0 Å². The Morgan fingerprint density at radius 1 is 0.371 bits per heavy atom. The fraction of sp³-hybridized carbons (Fsp3) is 0.505. The molecule has 0 spiro atoms. The lowest BCUT2D eigenvalue weighted by atomic mass is 10.1. The van der Waals surface area contributed by atoms with Crippen molar-refractivity contribution in [3.8, 4) is 56.3 Å². The van der Waals surface area contributed by atoms with Crippen LogP contribution in [0.25, 0.3) is 111 Å². The van der Waals surface area contributed by atoms with Crippen LogP contribution in [0.15, 0.2) is 93.0 Å². The number of methoxy groups -OCH3 is 1. The zero-order valence-electron chi connectivity index (χ0n) is 79.1. The lowest BCUT2D eigenvalue weighted by molar-refractivity contribution is -0.144. The standard InChI is InChI=1S/C20H24N8O2.C19H22N8O3.C18H22N8O2.C15H16N8O.C14H14ClN7O.C7H12O/c21-19-22-7-12(8-23-19)17-15-9-24-28(16-3-1-2-6-29-16)18(15)26-20(25-17)27-10-13-4-5-14(11-27)30-13;1-10(17(28)29-2)27-16-14(7-23-27)15(11-5-21-18(20)22-6-11)24-19(25-16)26-8-12-3-4-13(9-26)30-12;1-10(9-27)26-16-14(6-22-26)15(11-4-20-17(19)21-5-11)23-18(24-16)25-7-12-2-3-13(8-25)28-12;16-14-17-3-8(4-18-14)12-11-5-19-22-13(11)21-15(20-12)23-6-9-1-2-10(7-23)24-9;15-13-20-11(8-5-17-14(16)18-6-8)9-7-19-22(12(9)21-13)10-3-1-2-4-23-10;1-2-6-4-5-7(3-1)8-6/h7-9,13-14,16H,1-6,10-11H2,(H2,21,22,23);5-7,10,12-13H,3-4,8-9H2,1-2H3,(H2,20,21,22);4-6,10,12-13,27H,2-3,7-9H2,1H3,(H2,19,20,21);3-5,9-10H,1-2,6-7H2,(H2,16,17,18)(H,19,20,21,22);5-7,10H,1-4H2,(H2,16,17,18);6-7H,1-5H2. The zero-order chi connectivity index (χ0) is 97.5. The molecule has 49 nitrogen and oxygen atoms in total. The van der Waals surface area contributed by atoms with Crippen molar-refractivity contribution in [2.24, 2.45) is 0 Å². The van der Waals surface area contributed by atoms with Gasteiger partial charge in [-0.25, -0.2) is 98.3 Å². The van der Waals surface area contributed by atoms with E-state index in [-0.39, 0.29) is 109 Å². The van der Waals surface area contributed by atoms with Crippen molar-refractivity contribution >= 4 is 126 Å². The minimum Gasteiger partial charge on any atom is -0.467 e. The Morgan fingerprint density at radius 2 is 0.685 bits per heavy atom. The van der Waals surface area contributed by atoms with Gasteiger partial charge >= 0.3 is 5.97 Å². The van der Waals surface area contributed by atoms with Gasteiger partial charge in [0.2, 0.25) is 58.8 Å². The van der Waals surface area contributed by atoms with Gasteiger partial charge in [0.1, 0.15) is 6.04 Å². The fourth-order valence-corrected chi connectivity index (χ4v) is 20.7. The van der Waals surface area contributed by atoms with Crippen LogP contribution >= 0.6 is 11.6 Å². The van der Waals surface area contributed by atoms with Gasteiger partial charge in [0.05, 0.1) is 167 Å². The lowest BCUT2D eigenvalue weighted by Crippen LogP contribution is -2.43. The summed E-state index contributed by atoms with van der Waals surface area (Å²) in [5.41, 5.74) is 38.6. The van der Waals surface area contributed by atoms with E-state index in [2.05, 4.69) is 115 Å². The summed E-state index contributed by atoms with van der Waals surface area (Å²) in [6.45, 7) is 11.3. The van der Waals surface area contributed by atoms with E-state index in [1.165, 1.54) is 39.2 Å². The highest BCUT2D eigenvalue weighted by Gasteiger charge is 2.41. The highest BCUT2D eigenvalue weighted by Crippen LogP contribution is 2.42. The number of hydrogen-bond acceptors (Lipinski definition) is 44. The van der Waals surface area contributed by atoms with Gasteiger partial charge < -0.3 is 91.3 Å². The molecular formula is C93H110ClN39O10. The Bertz CT molecular complexity index is 6960. The van der Waals surface area contributed by atoms with Crippen LogP contribution in [0.5, 0.6) is 0 Å². The number of esters is 1. The summed E-state index contributed by atoms with van der Waals surface area (Å²) in [6, 6.07) is -0.830. The van der Waals surface area contributed by atoms with Crippen molar-refractivity contribution in [3.63, 3.8) is 0 Å². The summed E-state index contributed by atoms with van der Waals surface area (Å²) in [6.07, 6.45) is 49.7. The van der Waals surface area contributed by atoms with Gasteiger partial charge in [-0.1, -0.05) is 0 Å². The predicted molar refractivity (Wildman–Crippen MR) is 524 cm³/mol. The van der Waals surface area contributed by atoms with E-state index >= 15 is 0 Å². The van der Waals surface area contributed by atoms with Crippen LogP contribution in [0.4, 0.5) is 53.5 Å². The number of anilines is 9. The molecule has 12 aliphatic rings. The van der Waals surface area contributed by atoms with E-state index in [4.69, 9.17) is 113 Å². The molecule has 14 unspecified atom stereocenters. The zero-order valence-corrected chi connectivity index (χ0v) is 79.9. The molecule has 27 rings (SSSR count). The van der Waals surface area contributed by atoms with Gasteiger partial charge in [0, 0.05) is 155 Å². The number of aromatic amines is 1. The Hall–Kier alpha value is -14.2. The number of rotatable bonds is 15. The second-order valence-corrected chi connectivity index (χ2v) is 38.0. The molecule has 12 fully saturated rings. The Balaban J connectivity index is 0.000000100. The van der Waals surface area contributed by atoms with Crippen LogP contribution in [-0.2, 0) is 42.7 Å². The van der Waals surface area contributed by atoms with Crippen molar-refractivity contribution in [2.75, 3.05) is 128 Å². The van der Waals surface area contributed by atoms with Crippen molar-refractivity contribution in [1.82, 2.24) is 149 Å². The number of H-pyrrole nitrogens is 1. The molecule has 0 aliphatic carbocycles. The van der Waals surface area contributed by atoms with Crippen molar-refractivity contribution in [1.29, 1.82) is 0 Å². The second kappa shape index (κ2) is 41.0. The molecular weight excluding hydrogens is 1860 g/mol. The molecule has 744 valence electrons. The molecule has 15 aromatic heterocycles. The Kier molecular flexibility index (Phi) is 26.9. The van der Waals surface area contributed by atoms with Gasteiger partial charge in [-0.05, 0) is 147 Å². The first kappa shape index (κ1) is 93.7. The summed E-state index contributed by atoms with van der Waals surface area (Å²) >= 11 is 6.10. The molecule has 143 heavy (non-hydrogen) atoms. The van der Waals surface area contributed by atoms with E-state index in [1.807, 2.05) is 17.8 Å². The maximum absolute atomic E-state index is 12.1. The molecule has 12 saturated heterocycles. The van der Waals surface area contributed by atoms with Crippen LogP contribution in [0.2, 0.25) is 5.28 Å². The molecule has 0 amide bonds. The number of nitrogens with two attached hydrogens (primary N) is 5. The van der Waals surface area contributed by atoms with E-state index in [0.717, 1.165) is 211 Å². The van der Waals surface area contributed by atoms with E-state index in [9.17, 15) is 9.90 Å². The van der Waals surface area contributed by atoms with E-state index < -0.39 is 12.0 Å².